The molecule has 1 N–H and O–H groups in total. The van der Waals surface area contributed by atoms with E-state index in [-0.39, 0.29) is 5.54 Å². The van der Waals surface area contributed by atoms with E-state index in [9.17, 15) is 0 Å². The van der Waals surface area contributed by atoms with Gasteiger partial charge in [0.25, 0.3) is 0 Å². The van der Waals surface area contributed by atoms with Crippen LogP contribution in [0.15, 0.2) is 0 Å². The lowest BCUT2D eigenvalue weighted by atomic mass is 10.0. The summed E-state index contributed by atoms with van der Waals surface area (Å²) in [6, 6.07) is 0.683. The normalized spacial score (nSPS) is 24.2. The maximum atomic E-state index is 3.69. The summed E-state index contributed by atoms with van der Waals surface area (Å²) in [6.07, 6.45) is 5.36. The standard InChI is InChI=1S/C15H32N2/c1-6-8-14-9-10-17(12-14)13(3)11-16-15(4,5)7-2/h13-14,16H,6-12H2,1-5H3. The fourth-order valence-corrected chi connectivity index (χ4v) is 2.58. The molecule has 0 aliphatic carbocycles. The SMILES string of the molecule is CCCC1CCN(C(C)CNC(C)(C)CC)C1. The Labute approximate surface area is 108 Å². The second-order valence-electron chi connectivity index (χ2n) is 6.41. The van der Waals surface area contributed by atoms with Crippen molar-refractivity contribution in [2.75, 3.05) is 19.6 Å². The van der Waals surface area contributed by atoms with Crippen molar-refractivity contribution in [3.05, 3.63) is 0 Å². The molecular formula is C15H32N2. The van der Waals surface area contributed by atoms with Crippen molar-refractivity contribution >= 4 is 0 Å². The van der Waals surface area contributed by atoms with Crippen LogP contribution in [0.4, 0.5) is 0 Å². The minimum absolute atomic E-state index is 0.288. The molecule has 0 aromatic rings. The number of nitrogens with zero attached hydrogens (tertiary/aromatic N) is 1. The van der Waals surface area contributed by atoms with Gasteiger partial charge in [-0.25, -0.2) is 0 Å². The molecule has 1 aliphatic heterocycles. The average Bonchev–Trinajstić information content (AvgIpc) is 2.75. The first-order valence-corrected chi connectivity index (χ1v) is 7.47. The molecule has 0 aromatic carbocycles. The molecule has 17 heavy (non-hydrogen) atoms. The van der Waals surface area contributed by atoms with Gasteiger partial charge in [0.05, 0.1) is 0 Å². The molecule has 1 aliphatic rings. The number of likely N-dealkylation sites (tertiary alicyclic amines) is 1. The molecule has 102 valence electrons. The van der Waals surface area contributed by atoms with Crippen molar-refractivity contribution in [3.63, 3.8) is 0 Å². The fourth-order valence-electron chi connectivity index (χ4n) is 2.58. The maximum Gasteiger partial charge on any atom is 0.0192 e. The van der Waals surface area contributed by atoms with Crippen molar-refractivity contribution in [3.8, 4) is 0 Å². The summed E-state index contributed by atoms with van der Waals surface area (Å²) in [5.74, 6) is 0.960. The van der Waals surface area contributed by atoms with Crippen LogP contribution in [-0.2, 0) is 0 Å². The predicted octanol–water partition coefficient (Wildman–Crippen LogP) is 3.28. The fraction of sp³-hybridized carbons (Fsp3) is 1.00. The largest absolute Gasteiger partial charge is 0.310 e. The zero-order chi connectivity index (χ0) is 12.9. The van der Waals surface area contributed by atoms with Crippen molar-refractivity contribution in [1.82, 2.24) is 10.2 Å². The molecule has 2 nitrogen and oxygen atoms in total. The van der Waals surface area contributed by atoms with Gasteiger partial charge in [-0.05, 0) is 52.5 Å². The third-order valence-corrected chi connectivity index (χ3v) is 4.40. The lowest BCUT2D eigenvalue weighted by molar-refractivity contribution is 0.222. The predicted molar refractivity (Wildman–Crippen MR) is 76.4 cm³/mol. The Kier molecular flexibility index (Phi) is 5.94. The lowest BCUT2D eigenvalue weighted by Crippen LogP contribution is -2.46. The van der Waals surface area contributed by atoms with Gasteiger partial charge in [-0.15, -0.1) is 0 Å². The highest BCUT2D eigenvalue weighted by Crippen LogP contribution is 2.22. The molecule has 1 heterocycles. The Morgan fingerprint density at radius 3 is 2.65 bits per heavy atom. The van der Waals surface area contributed by atoms with Crippen LogP contribution in [0, 0.1) is 5.92 Å². The van der Waals surface area contributed by atoms with E-state index in [0.29, 0.717) is 6.04 Å². The molecule has 0 aromatic heterocycles. The van der Waals surface area contributed by atoms with Crippen molar-refractivity contribution in [2.45, 2.75) is 71.9 Å². The third-order valence-electron chi connectivity index (χ3n) is 4.40. The average molecular weight is 240 g/mol. The molecule has 1 saturated heterocycles. The quantitative estimate of drug-likeness (QED) is 0.735. The second-order valence-corrected chi connectivity index (χ2v) is 6.41. The molecule has 1 fully saturated rings. The minimum atomic E-state index is 0.288. The summed E-state index contributed by atoms with van der Waals surface area (Å²) >= 11 is 0. The molecule has 0 bridgehead atoms. The number of hydrogen-bond acceptors (Lipinski definition) is 2. The van der Waals surface area contributed by atoms with E-state index in [1.54, 1.807) is 0 Å². The van der Waals surface area contributed by atoms with Crippen LogP contribution in [0.1, 0.15) is 60.3 Å². The molecule has 0 spiro atoms. The first-order valence-electron chi connectivity index (χ1n) is 7.47. The van der Waals surface area contributed by atoms with Gasteiger partial charge in [0.1, 0.15) is 0 Å². The summed E-state index contributed by atoms with van der Waals surface area (Å²) < 4.78 is 0. The summed E-state index contributed by atoms with van der Waals surface area (Å²) in [5.41, 5.74) is 0.288. The van der Waals surface area contributed by atoms with Gasteiger partial charge in [0, 0.05) is 24.7 Å². The first kappa shape index (κ1) is 15.0. The van der Waals surface area contributed by atoms with E-state index in [0.717, 1.165) is 12.5 Å². The highest BCUT2D eigenvalue weighted by atomic mass is 15.2. The van der Waals surface area contributed by atoms with Crippen LogP contribution in [-0.4, -0.2) is 36.1 Å². The Balaban J connectivity index is 2.27. The van der Waals surface area contributed by atoms with Gasteiger partial charge >= 0.3 is 0 Å². The van der Waals surface area contributed by atoms with Gasteiger partial charge < -0.3 is 5.32 Å². The van der Waals surface area contributed by atoms with Crippen LogP contribution in [0.25, 0.3) is 0 Å². The van der Waals surface area contributed by atoms with E-state index in [4.69, 9.17) is 0 Å². The van der Waals surface area contributed by atoms with Gasteiger partial charge in [-0.3, -0.25) is 4.90 Å². The summed E-state index contributed by atoms with van der Waals surface area (Å²) in [5, 5.41) is 3.69. The van der Waals surface area contributed by atoms with Crippen LogP contribution in [0.5, 0.6) is 0 Å². The number of nitrogens with one attached hydrogen (secondary N) is 1. The summed E-state index contributed by atoms with van der Waals surface area (Å²) in [7, 11) is 0. The Hall–Kier alpha value is -0.0800. The van der Waals surface area contributed by atoms with E-state index < -0.39 is 0 Å². The summed E-state index contributed by atoms with van der Waals surface area (Å²) in [6.45, 7) is 15.3. The number of rotatable bonds is 7. The highest BCUT2D eigenvalue weighted by molar-refractivity contribution is 4.83. The summed E-state index contributed by atoms with van der Waals surface area (Å²) in [4.78, 5) is 2.67. The Morgan fingerprint density at radius 1 is 1.35 bits per heavy atom. The van der Waals surface area contributed by atoms with Crippen molar-refractivity contribution in [2.24, 2.45) is 5.92 Å². The van der Waals surface area contributed by atoms with Gasteiger partial charge in [0.15, 0.2) is 0 Å². The zero-order valence-corrected chi connectivity index (χ0v) is 12.6. The molecule has 1 rings (SSSR count). The van der Waals surface area contributed by atoms with Crippen LogP contribution < -0.4 is 5.32 Å². The van der Waals surface area contributed by atoms with Gasteiger partial charge in [0.2, 0.25) is 0 Å². The van der Waals surface area contributed by atoms with E-state index >= 15 is 0 Å². The highest BCUT2D eigenvalue weighted by Gasteiger charge is 2.26. The minimum Gasteiger partial charge on any atom is -0.310 e. The molecule has 2 unspecified atom stereocenters. The molecule has 0 amide bonds. The van der Waals surface area contributed by atoms with E-state index in [2.05, 4.69) is 44.8 Å². The molecular weight excluding hydrogens is 208 g/mol. The van der Waals surface area contributed by atoms with Gasteiger partial charge in [-0.2, -0.15) is 0 Å². The van der Waals surface area contributed by atoms with Crippen LogP contribution in [0.2, 0.25) is 0 Å². The maximum absolute atomic E-state index is 3.69. The van der Waals surface area contributed by atoms with Crippen molar-refractivity contribution < 1.29 is 0 Å². The number of hydrogen-bond donors (Lipinski definition) is 1. The molecule has 2 heteroatoms. The van der Waals surface area contributed by atoms with Crippen LogP contribution in [0.3, 0.4) is 0 Å². The van der Waals surface area contributed by atoms with Crippen molar-refractivity contribution in [1.29, 1.82) is 0 Å². The molecule has 0 saturated carbocycles. The molecule has 0 radical (unpaired) electrons. The lowest BCUT2D eigenvalue weighted by Gasteiger charge is -2.30. The third kappa shape index (κ3) is 4.97. The van der Waals surface area contributed by atoms with E-state index in [1.807, 2.05) is 0 Å². The smallest absolute Gasteiger partial charge is 0.0192 e. The monoisotopic (exact) mass is 240 g/mol. The van der Waals surface area contributed by atoms with Gasteiger partial charge in [-0.1, -0.05) is 20.3 Å². The second kappa shape index (κ2) is 6.75. The Bertz CT molecular complexity index is 213. The zero-order valence-electron chi connectivity index (χ0n) is 12.6. The molecule has 2 atom stereocenters. The van der Waals surface area contributed by atoms with Crippen LogP contribution >= 0.6 is 0 Å². The van der Waals surface area contributed by atoms with E-state index in [1.165, 1.54) is 38.8 Å². The topological polar surface area (TPSA) is 15.3 Å². The Morgan fingerprint density at radius 2 is 2.06 bits per heavy atom. The first-order chi connectivity index (χ1) is 7.98.